The molecular formula is C8H11Cl2NO3S2. The Balaban J connectivity index is 2.31. The average molecular weight is 304 g/mol. The van der Waals surface area contributed by atoms with Gasteiger partial charge in [0.2, 0.25) is 0 Å². The first-order valence-corrected chi connectivity index (χ1v) is 7.66. The van der Waals surface area contributed by atoms with E-state index >= 15 is 0 Å². The van der Waals surface area contributed by atoms with Crippen molar-refractivity contribution in [1.82, 2.24) is 5.32 Å². The van der Waals surface area contributed by atoms with Gasteiger partial charge in [-0.25, -0.2) is 8.42 Å². The summed E-state index contributed by atoms with van der Waals surface area (Å²) in [5, 5.41) is 2.50. The highest BCUT2D eigenvalue weighted by atomic mass is 35.5. The fourth-order valence-corrected chi connectivity index (χ4v) is 2.64. The van der Waals surface area contributed by atoms with Crippen LogP contribution in [0.5, 0.6) is 0 Å². The number of hydrogen-bond donors (Lipinski definition) is 1. The second kappa shape index (κ2) is 6.05. The third-order valence-corrected chi connectivity index (χ3v) is 4.24. The standard InChI is InChI=1S/C8H11Cl2NO3S2/c9-3-6(10)4-14-8(15)11-7-1-2-16(12,13)5-7/h1,6H,2-5H2,(H,11,15)/t6-/m0/s1. The van der Waals surface area contributed by atoms with Crippen molar-refractivity contribution >= 4 is 50.4 Å². The van der Waals surface area contributed by atoms with Gasteiger partial charge < -0.3 is 10.1 Å². The molecule has 0 aromatic heterocycles. The highest BCUT2D eigenvalue weighted by Crippen LogP contribution is 2.08. The van der Waals surface area contributed by atoms with Gasteiger partial charge in [0.25, 0.3) is 5.17 Å². The Kier molecular flexibility index (Phi) is 5.30. The van der Waals surface area contributed by atoms with Crippen molar-refractivity contribution in [3.8, 4) is 0 Å². The van der Waals surface area contributed by atoms with E-state index in [-0.39, 0.29) is 34.5 Å². The Hall–Kier alpha value is -0.0400. The molecule has 0 aromatic carbocycles. The van der Waals surface area contributed by atoms with Crippen molar-refractivity contribution in [2.75, 3.05) is 24.0 Å². The van der Waals surface area contributed by atoms with Gasteiger partial charge in [-0.05, 0) is 18.3 Å². The van der Waals surface area contributed by atoms with Gasteiger partial charge in [0, 0.05) is 11.6 Å². The van der Waals surface area contributed by atoms with Crippen molar-refractivity contribution in [3.63, 3.8) is 0 Å². The topological polar surface area (TPSA) is 55.4 Å². The molecule has 1 atom stereocenters. The van der Waals surface area contributed by atoms with E-state index in [2.05, 4.69) is 5.32 Å². The molecule has 16 heavy (non-hydrogen) atoms. The van der Waals surface area contributed by atoms with Crippen LogP contribution in [0.1, 0.15) is 0 Å². The molecule has 0 aliphatic carbocycles. The third kappa shape index (κ3) is 4.86. The van der Waals surface area contributed by atoms with E-state index in [1.807, 2.05) is 0 Å². The van der Waals surface area contributed by atoms with E-state index in [0.717, 1.165) is 0 Å². The Morgan fingerprint density at radius 3 is 2.88 bits per heavy atom. The number of rotatable bonds is 4. The lowest BCUT2D eigenvalue weighted by Gasteiger charge is -2.11. The molecule has 1 heterocycles. The summed E-state index contributed by atoms with van der Waals surface area (Å²) in [5.41, 5.74) is 0.544. The molecule has 1 rings (SSSR count). The number of halogens is 2. The van der Waals surface area contributed by atoms with E-state index < -0.39 is 9.84 Å². The molecule has 0 unspecified atom stereocenters. The zero-order chi connectivity index (χ0) is 12.2. The van der Waals surface area contributed by atoms with Crippen LogP contribution in [0.25, 0.3) is 0 Å². The smallest absolute Gasteiger partial charge is 0.260 e. The van der Waals surface area contributed by atoms with E-state index in [0.29, 0.717) is 5.70 Å². The quantitative estimate of drug-likeness (QED) is 0.621. The molecule has 1 N–H and O–H groups in total. The monoisotopic (exact) mass is 303 g/mol. The molecule has 0 saturated heterocycles. The number of hydrogen-bond acceptors (Lipinski definition) is 4. The summed E-state index contributed by atoms with van der Waals surface area (Å²) in [4.78, 5) is 0. The second-order valence-electron chi connectivity index (χ2n) is 3.26. The normalized spacial score (nSPS) is 20.0. The van der Waals surface area contributed by atoms with Crippen LogP contribution in [-0.4, -0.2) is 43.0 Å². The molecule has 1 aliphatic rings. The van der Waals surface area contributed by atoms with Crippen molar-refractivity contribution < 1.29 is 13.2 Å². The zero-order valence-electron chi connectivity index (χ0n) is 8.28. The first kappa shape index (κ1) is 14.0. The summed E-state index contributed by atoms with van der Waals surface area (Å²) >= 11 is 16.1. The number of alkyl halides is 2. The Bertz CT molecular complexity index is 394. The van der Waals surface area contributed by atoms with E-state index in [4.69, 9.17) is 40.2 Å². The van der Waals surface area contributed by atoms with Gasteiger partial charge >= 0.3 is 0 Å². The number of thiocarbonyl (C=S) groups is 1. The minimum Gasteiger partial charge on any atom is -0.469 e. The molecule has 0 amide bonds. The van der Waals surface area contributed by atoms with Gasteiger partial charge in [-0.2, -0.15) is 0 Å². The number of nitrogens with one attached hydrogen (secondary N) is 1. The maximum absolute atomic E-state index is 11.1. The SMILES string of the molecule is O=S1(=O)CC=C(NC(=S)OC[C@@H](Cl)CCl)C1. The summed E-state index contributed by atoms with van der Waals surface area (Å²) in [6.07, 6.45) is 1.57. The van der Waals surface area contributed by atoms with Crippen LogP contribution in [0.2, 0.25) is 0 Å². The number of sulfone groups is 1. The second-order valence-corrected chi connectivity index (χ2v) is 6.66. The number of ether oxygens (including phenoxy) is 1. The van der Waals surface area contributed by atoms with Crippen LogP contribution in [0.15, 0.2) is 11.8 Å². The van der Waals surface area contributed by atoms with Gasteiger partial charge in [-0.15, -0.1) is 23.2 Å². The van der Waals surface area contributed by atoms with E-state index in [1.165, 1.54) is 0 Å². The molecule has 0 aromatic rings. The molecule has 1 aliphatic heterocycles. The maximum Gasteiger partial charge on any atom is 0.260 e. The van der Waals surface area contributed by atoms with Crippen molar-refractivity contribution in [2.24, 2.45) is 0 Å². The van der Waals surface area contributed by atoms with Crippen LogP contribution in [0.3, 0.4) is 0 Å². The predicted octanol–water partition coefficient (Wildman–Crippen LogP) is 1.04. The summed E-state index contributed by atoms with van der Waals surface area (Å²) in [6.45, 7) is 0.191. The predicted molar refractivity (Wildman–Crippen MR) is 68.8 cm³/mol. The summed E-state index contributed by atoms with van der Waals surface area (Å²) < 4.78 is 27.3. The van der Waals surface area contributed by atoms with Gasteiger partial charge in [-0.1, -0.05) is 0 Å². The molecule has 0 radical (unpaired) electrons. The molecule has 0 spiro atoms. The fourth-order valence-electron chi connectivity index (χ4n) is 1.05. The van der Waals surface area contributed by atoms with Crippen molar-refractivity contribution in [2.45, 2.75) is 5.38 Å². The van der Waals surface area contributed by atoms with Gasteiger partial charge in [-0.3, -0.25) is 0 Å². The van der Waals surface area contributed by atoms with Crippen molar-refractivity contribution in [1.29, 1.82) is 0 Å². The van der Waals surface area contributed by atoms with Gasteiger partial charge in [0.1, 0.15) is 6.61 Å². The van der Waals surface area contributed by atoms with E-state index in [1.54, 1.807) is 6.08 Å². The molecule has 92 valence electrons. The van der Waals surface area contributed by atoms with Crippen LogP contribution >= 0.6 is 35.4 Å². The summed E-state index contributed by atoms with van der Waals surface area (Å²) in [5.74, 6) is 0.273. The van der Waals surface area contributed by atoms with Crippen LogP contribution in [0.4, 0.5) is 0 Å². The Labute approximate surface area is 110 Å². The van der Waals surface area contributed by atoms with Gasteiger partial charge in [0.15, 0.2) is 9.84 Å². The Morgan fingerprint density at radius 2 is 2.38 bits per heavy atom. The molecule has 4 nitrogen and oxygen atoms in total. The molecule has 0 bridgehead atoms. The zero-order valence-corrected chi connectivity index (χ0v) is 11.4. The lowest BCUT2D eigenvalue weighted by molar-refractivity contribution is 0.305. The highest BCUT2D eigenvalue weighted by Gasteiger charge is 2.20. The van der Waals surface area contributed by atoms with Crippen LogP contribution in [0, 0.1) is 0 Å². The lowest BCUT2D eigenvalue weighted by atomic mass is 10.5. The fraction of sp³-hybridized carbons (Fsp3) is 0.625. The lowest BCUT2D eigenvalue weighted by Crippen LogP contribution is -2.27. The molecular weight excluding hydrogens is 293 g/mol. The van der Waals surface area contributed by atoms with E-state index in [9.17, 15) is 8.42 Å². The first-order chi connectivity index (χ1) is 7.43. The molecule has 0 fully saturated rings. The molecule has 8 heteroatoms. The summed E-state index contributed by atoms with van der Waals surface area (Å²) in [6, 6.07) is 0. The van der Waals surface area contributed by atoms with Crippen LogP contribution < -0.4 is 5.32 Å². The van der Waals surface area contributed by atoms with Crippen molar-refractivity contribution in [3.05, 3.63) is 11.8 Å². The first-order valence-electron chi connectivity index (χ1n) is 4.46. The highest BCUT2D eigenvalue weighted by molar-refractivity contribution is 7.92. The van der Waals surface area contributed by atoms with Crippen LogP contribution in [-0.2, 0) is 14.6 Å². The summed E-state index contributed by atoms with van der Waals surface area (Å²) in [7, 11) is -2.99. The minimum absolute atomic E-state index is 0.0314. The third-order valence-electron chi connectivity index (χ3n) is 1.78. The minimum atomic E-state index is -2.99. The molecule has 0 saturated carbocycles. The average Bonchev–Trinajstić information content (AvgIpc) is 2.54. The van der Waals surface area contributed by atoms with Gasteiger partial charge in [0.05, 0.1) is 16.9 Å². The maximum atomic E-state index is 11.1. The largest absolute Gasteiger partial charge is 0.469 e. The Morgan fingerprint density at radius 1 is 1.69 bits per heavy atom.